The average molecular weight is 251 g/mol. The standard InChI is InChI=1S/C11H17N5S/c1-7(2)5-17-6-9-14-10(12)8-4-13-16(3)11(8)15-9/h4,7H,5-6H2,1-3H3,(H2,12,14,15). The number of nitrogens with zero attached hydrogens (tertiary/aromatic N) is 4. The molecule has 2 aromatic heterocycles. The SMILES string of the molecule is CC(C)CSCc1nc(N)c2cnn(C)c2n1. The summed E-state index contributed by atoms with van der Waals surface area (Å²) in [6, 6.07) is 0. The molecule has 0 atom stereocenters. The molecule has 2 aromatic rings. The van der Waals surface area contributed by atoms with Gasteiger partial charge in [0.2, 0.25) is 0 Å². The summed E-state index contributed by atoms with van der Waals surface area (Å²) in [4.78, 5) is 8.78. The minimum Gasteiger partial charge on any atom is -0.383 e. The minimum absolute atomic E-state index is 0.517. The van der Waals surface area contributed by atoms with E-state index in [1.807, 2.05) is 18.8 Å². The van der Waals surface area contributed by atoms with Gasteiger partial charge in [-0.05, 0) is 11.7 Å². The van der Waals surface area contributed by atoms with Gasteiger partial charge in [-0.3, -0.25) is 4.68 Å². The van der Waals surface area contributed by atoms with Crippen molar-refractivity contribution < 1.29 is 0 Å². The van der Waals surface area contributed by atoms with Crippen LogP contribution in [0.25, 0.3) is 11.0 Å². The van der Waals surface area contributed by atoms with Gasteiger partial charge >= 0.3 is 0 Å². The topological polar surface area (TPSA) is 69.6 Å². The smallest absolute Gasteiger partial charge is 0.163 e. The van der Waals surface area contributed by atoms with Crippen molar-refractivity contribution in [2.45, 2.75) is 19.6 Å². The highest BCUT2D eigenvalue weighted by Gasteiger charge is 2.09. The normalized spacial score (nSPS) is 11.5. The van der Waals surface area contributed by atoms with E-state index < -0.39 is 0 Å². The molecule has 0 radical (unpaired) electrons. The van der Waals surface area contributed by atoms with Gasteiger partial charge in [-0.2, -0.15) is 16.9 Å². The Morgan fingerprint density at radius 3 is 2.88 bits per heavy atom. The summed E-state index contributed by atoms with van der Waals surface area (Å²) in [5.41, 5.74) is 6.69. The number of thioether (sulfide) groups is 1. The van der Waals surface area contributed by atoms with E-state index in [0.29, 0.717) is 11.7 Å². The molecule has 0 aliphatic carbocycles. The quantitative estimate of drug-likeness (QED) is 0.897. The van der Waals surface area contributed by atoms with E-state index in [-0.39, 0.29) is 0 Å². The van der Waals surface area contributed by atoms with Crippen molar-refractivity contribution in [3.05, 3.63) is 12.0 Å². The summed E-state index contributed by atoms with van der Waals surface area (Å²) >= 11 is 1.83. The maximum absolute atomic E-state index is 5.89. The zero-order chi connectivity index (χ0) is 12.4. The van der Waals surface area contributed by atoms with E-state index in [1.54, 1.807) is 10.9 Å². The number of hydrogen-bond donors (Lipinski definition) is 1. The third-order valence-electron chi connectivity index (χ3n) is 2.35. The zero-order valence-electron chi connectivity index (χ0n) is 10.3. The average Bonchev–Trinajstić information content (AvgIpc) is 2.61. The second-order valence-electron chi connectivity index (χ2n) is 4.44. The van der Waals surface area contributed by atoms with Crippen molar-refractivity contribution in [1.82, 2.24) is 19.7 Å². The summed E-state index contributed by atoms with van der Waals surface area (Å²) in [6.07, 6.45) is 1.70. The molecule has 0 fully saturated rings. The highest BCUT2D eigenvalue weighted by atomic mass is 32.2. The first-order chi connectivity index (χ1) is 8.08. The Morgan fingerprint density at radius 1 is 1.41 bits per heavy atom. The number of fused-ring (bicyclic) bond motifs is 1. The van der Waals surface area contributed by atoms with Gasteiger partial charge in [0.25, 0.3) is 0 Å². The third kappa shape index (κ3) is 2.69. The van der Waals surface area contributed by atoms with Crippen LogP contribution < -0.4 is 5.73 Å². The largest absolute Gasteiger partial charge is 0.383 e. The van der Waals surface area contributed by atoms with E-state index in [1.165, 1.54) is 0 Å². The van der Waals surface area contributed by atoms with E-state index in [4.69, 9.17) is 5.73 Å². The van der Waals surface area contributed by atoms with Gasteiger partial charge in [0, 0.05) is 7.05 Å². The van der Waals surface area contributed by atoms with Gasteiger partial charge in [0.15, 0.2) is 5.65 Å². The minimum atomic E-state index is 0.517. The zero-order valence-corrected chi connectivity index (χ0v) is 11.2. The lowest BCUT2D eigenvalue weighted by Gasteiger charge is -2.05. The predicted octanol–water partition coefficient (Wildman–Crippen LogP) is 1.83. The lowest BCUT2D eigenvalue weighted by Crippen LogP contribution is -2.02. The molecule has 0 saturated heterocycles. The van der Waals surface area contributed by atoms with Gasteiger partial charge in [-0.1, -0.05) is 13.8 Å². The number of aromatic nitrogens is 4. The summed E-state index contributed by atoms with van der Waals surface area (Å²) < 4.78 is 1.73. The first-order valence-electron chi connectivity index (χ1n) is 5.59. The number of anilines is 1. The fourth-order valence-electron chi connectivity index (χ4n) is 1.54. The summed E-state index contributed by atoms with van der Waals surface area (Å²) in [6.45, 7) is 4.40. The van der Waals surface area contributed by atoms with Gasteiger partial charge in [-0.15, -0.1) is 0 Å². The third-order valence-corrected chi connectivity index (χ3v) is 3.71. The van der Waals surface area contributed by atoms with Gasteiger partial charge in [-0.25, -0.2) is 9.97 Å². The monoisotopic (exact) mass is 251 g/mol. The maximum Gasteiger partial charge on any atom is 0.163 e. The molecule has 2 heterocycles. The Balaban J connectivity index is 2.20. The fourth-order valence-corrected chi connectivity index (χ4v) is 2.44. The first kappa shape index (κ1) is 12.2. The molecule has 2 N–H and O–H groups in total. The van der Waals surface area contributed by atoms with E-state index in [0.717, 1.165) is 28.4 Å². The highest BCUT2D eigenvalue weighted by Crippen LogP contribution is 2.19. The van der Waals surface area contributed by atoms with Crippen LogP contribution in [0, 0.1) is 5.92 Å². The fraction of sp³-hybridized carbons (Fsp3) is 0.545. The second-order valence-corrected chi connectivity index (χ2v) is 5.47. The van der Waals surface area contributed by atoms with Gasteiger partial charge < -0.3 is 5.73 Å². The van der Waals surface area contributed by atoms with Crippen LogP contribution in [-0.4, -0.2) is 25.5 Å². The van der Waals surface area contributed by atoms with Crippen LogP contribution in [0.3, 0.4) is 0 Å². The van der Waals surface area contributed by atoms with E-state index in [9.17, 15) is 0 Å². The molecule has 92 valence electrons. The van der Waals surface area contributed by atoms with Crippen molar-refractivity contribution in [2.75, 3.05) is 11.5 Å². The summed E-state index contributed by atoms with van der Waals surface area (Å²) in [5.74, 6) is 3.88. The highest BCUT2D eigenvalue weighted by molar-refractivity contribution is 7.98. The Morgan fingerprint density at radius 2 is 2.18 bits per heavy atom. The Labute approximate surface area is 105 Å². The molecule has 17 heavy (non-hydrogen) atoms. The Kier molecular flexibility index (Phi) is 3.51. The summed E-state index contributed by atoms with van der Waals surface area (Å²) in [7, 11) is 1.86. The van der Waals surface area contributed by atoms with Gasteiger partial charge in [0.1, 0.15) is 11.6 Å². The van der Waals surface area contributed by atoms with Crippen LogP contribution in [0.4, 0.5) is 5.82 Å². The number of nitrogen functional groups attached to an aromatic ring is 1. The molecule has 0 spiro atoms. The van der Waals surface area contributed by atoms with E-state index in [2.05, 4.69) is 28.9 Å². The van der Waals surface area contributed by atoms with Crippen molar-refractivity contribution in [2.24, 2.45) is 13.0 Å². The van der Waals surface area contributed by atoms with Crippen LogP contribution in [0.2, 0.25) is 0 Å². The molecule has 0 bridgehead atoms. The molecular formula is C11H17N5S. The van der Waals surface area contributed by atoms with Crippen LogP contribution in [0.1, 0.15) is 19.7 Å². The first-order valence-corrected chi connectivity index (χ1v) is 6.75. The molecule has 0 aliphatic rings. The van der Waals surface area contributed by atoms with Crippen LogP contribution in [0.15, 0.2) is 6.20 Å². The molecule has 0 saturated carbocycles. The summed E-state index contributed by atoms with van der Waals surface area (Å²) in [5, 5.41) is 4.96. The predicted molar refractivity (Wildman–Crippen MR) is 71.7 cm³/mol. The molecule has 0 aliphatic heterocycles. The molecule has 0 amide bonds. The van der Waals surface area contributed by atoms with Gasteiger partial charge in [0.05, 0.1) is 17.3 Å². The Hall–Kier alpha value is -1.30. The molecule has 0 aromatic carbocycles. The number of hydrogen-bond acceptors (Lipinski definition) is 5. The number of rotatable bonds is 4. The molecule has 0 unspecified atom stereocenters. The molecule has 2 rings (SSSR count). The molecule has 5 nitrogen and oxygen atoms in total. The van der Waals surface area contributed by atoms with Crippen LogP contribution in [0.5, 0.6) is 0 Å². The Bertz CT molecular complexity index is 520. The lowest BCUT2D eigenvalue weighted by molar-refractivity contribution is 0.749. The van der Waals surface area contributed by atoms with Crippen molar-refractivity contribution in [3.63, 3.8) is 0 Å². The van der Waals surface area contributed by atoms with Crippen molar-refractivity contribution in [3.8, 4) is 0 Å². The maximum atomic E-state index is 5.89. The number of nitrogens with two attached hydrogens (primary N) is 1. The van der Waals surface area contributed by atoms with Crippen LogP contribution in [-0.2, 0) is 12.8 Å². The second kappa shape index (κ2) is 4.91. The van der Waals surface area contributed by atoms with Crippen molar-refractivity contribution in [1.29, 1.82) is 0 Å². The molecule has 6 heteroatoms. The molecular weight excluding hydrogens is 234 g/mol. The van der Waals surface area contributed by atoms with E-state index >= 15 is 0 Å². The lowest BCUT2D eigenvalue weighted by atomic mass is 10.3. The number of aryl methyl sites for hydroxylation is 1. The van der Waals surface area contributed by atoms with Crippen LogP contribution >= 0.6 is 11.8 Å². The van der Waals surface area contributed by atoms with Crippen molar-refractivity contribution >= 4 is 28.6 Å².